The molecule has 1 amide bonds. The number of rotatable bonds is 5. The van der Waals surface area contributed by atoms with Crippen molar-refractivity contribution in [1.29, 1.82) is 0 Å². The van der Waals surface area contributed by atoms with Crippen LogP contribution in [0.25, 0.3) is 5.65 Å². The van der Waals surface area contributed by atoms with Crippen LogP contribution >= 0.6 is 12.4 Å². The van der Waals surface area contributed by atoms with Crippen LogP contribution in [-0.2, 0) is 4.74 Å². The summed E-state index contributed by atoms with van der Waals surface area (Å²) in [5.41, 5.74) is 0.133. The largest absolute Gasteiger partial charge is 0.378 e. The van der Waals surface area contributed by atoms with Crippen molar-refractivity contribution >= 4 is 35.5 Å². The third kappa shape index (κ3) is 4.77. The summed E-state index contributed by atoms with van der Waals surface area (Å²) < 4.78 is 35.7. The monoisotopic (exact) mass is 482 g/mol. The molecule has 0 radical (unpaired) electrons. The molecule has 5 heterocycles. The number of nitrogens with zero attached hydrogens (tertiary/aromatic N) is 6. The molecule has 0 spiro atoms. The van der Waals surface area contributed by atoms with Gasteiger partial charge in [-0.1, -0.05) is 0 Å². The number of amides is 1. The van der Waals surface area contributed by atoms with Crippen LogP contribution in [0.5, 0.6) is 0 Å². The number of ether oxygens (including phenoxy) is 1. The number of aromatic nitrogens is 5. The first-order valence-electron chi connectivity index (χ1n) is 10.7. The zero-order valence-corrected chi connectivity index (χ0v) is 18.6. The van der Waals surface area contributed by atoms with Gasteiger partial charge in [-0.15, -0.1) is 12.4 Å². The van der Waals surface area contributed by atoms with E-state index in [9.17, 15) is 13.6 Å². The Hall–Kier alpha value is -2.83. The number of hydrogen-bond acceptors (Lipinski definition) is 7. The Morgan fingerprint density at radius 2 is 2.00 bits per heavy atom. The summed E-state index contributed by atoms with van der Waals surface area (Å²) in [6, 6.07) is 1.85. The van der Waals surface area contributed by atoms with Gasteiger partial charge in [0.25, 0.3) is 12.3 Å². The Labute approximate surface area is 194 Å². The molecule has 0 atom stereocenters. The fourth-order valence-corrected chi connectivity index (χ4v) is 4.10. The maximum atomic E-state index is 13.6. The van der Waals surface area contributed by atoms with E-state index in [1.54, 1.807) is 10.9 Å². The molecular formula is C20H25ClF2N8O2. The number of nitrogens with one attached hydrogen (secondary N) is 2. The highest BCUT2D eigenvalue weighted by atomic mass is 35.5. The van der Waals surface area contributed by atoms with Crippen molar-refractivity contribution < 1.29 is 18.3 Å². The number of carbonyl (C=O) groups is 1. The molecule has 2 fully saturated rings. The van der Waals surface area contributed by atoms with Crippen molar-refractivity contribution in [2.75, 3.05) is 49.6 Å². The van der Waals surface area contributed by atoms with Crippen molar-refractivity contribution in [2.45, 2.75) is 25.3 Å². The van der Waals surface area contributed by atoms with Gasteiger partial charge >= 0.3 is 0 Å². The zero-order valence-electron chi connectivity index (χ0n) is 17.8. The lowest BCUT2D eigenvalue weighted by Crippen LogP contribution is -2.36. The van der Waals surface area contributed by atoms with Crippen molar-refractivity contribution in [3.63, 3.8) is 0 Å². The third-order valence-electron chi connectivity index (χ3n) is 5.83. The average Bonchev–Trinajstić information content (AvgIpc) is 3.44. The van der Waals surface area contributed by atoms with Gasteiger partial charge in [0.15, 0.2) is 11.3 Å². The standard InChI is InChI=1S/C20H24F2N8O2.ClH/c21-18(22)17-15(12-30(27-17)13-1-4-23-5-2-13)25-20(31)14-11-24-29-6-3-16(26-19(14)29)28-7-9-32-10-8-28;/h3,6,11-13,18,23H,1-2,4-5,7-10H2,(H,25,31);1H. The molecule has 0 bridgehead atoms. The molecule has 5 rings (SSSR count). The summed E-state index contributed by atoms with van der Waals surface area (Å²) in [7, 11) is 0. The fraction of sp³-hybridized carbons (Fsp3) is 0.500. The lowest BCUT2D eigenvalue weighted by molar-refractivity contribution is 0.102. The van der Waals surface area contributed by atoms with Crippen LogP contribution < -0.4 is 15.5 Å². The number of piperidine rings is 1. The lowest BCUT2D eigenvalue weighted by Gasteiger charge is -2.27. The molecule has 0 aromatic carbocycles. The highest BCUT2D eigenvalue weighted by Gasteiger charge is 2.25. The fourth-order valence-electron chi connectivity index (χ4n) is 4.10. The predicted octanol–water partition coefficient (Wildman–Crippen LogP) is 2.30. The van der Waals surface area contributed by atoms with Crippen molar-refractivity contribution in [2.24, 2.45) is 0 Å². The minimum absolute atomic E-state index is 0. The summed E-state index contributed by atoms with van der Waals surface area (Å²) in [6.07, 6.45) is 3.39. The van der Waals surface area contributed by atoms with Crippen LogP contribution in [0.1, 0.15) is 41.4 Å². The molecule has 3 aromatic heterocycles. The number of hydrogen-bond donors (Lipinski definition) is 2. The first-order chi connectivity index (χ1) is 15.6. The summed E-state index contributed by atoms with van der Waals surface area (Å²) in [6.45, 7) is 4.22. The molecule has 0 aliphatic carbocycles. The third-order valence-corrected chi connectivity index (χ3v) is 5.83. The molecule has 2 saturated heterocycles. The van der Waals surface area contributed by atoms with E-state index in [1.165, 1.54) is 16.9 Å². The molecule has 2 N–H and O–H groups in total. The molecule has 10 nitrogen and oxygen atoms in total. The minimum Gasteiger partial charge on any atom is -0.378 e. The van der Waals surface area contributed by atoms with Gasteiger partial charge in [-0.2, -0.15) is 10.2 Å². The number of alkyl halides is 2. The summed E-state index contributed by atoms with van der Waals surface area (Å²) >= 11 is 0. The number of anilines is 2. The van der Waals surface area contributed by atoms with Gasteiger partial charge in [-0.05, 0) is 32.0 Å². The molecular weight excluding hydrogens is 458 g/mol. The van der Waals surface area contributed by atoms with Gasteiger partial charge in [-0.25, -0.2) is 18.3 Å². The smallest absolute Gasteiger partial charge is 0.284 e. The number of carbonyl (C=O) groups excluding carboxylic acids is 1. The molecule has 2 aliphatic heterocycles. The maximum Gasteiger partial charge on any atom is 0.284 e. The molecule has 33 heavy (non-hydrogen) atoms. The van der Waals surface area contributed by atoms with Crippen molar-refractivity contribution in [3.8, 4) is 0 Å². The Bertz CT molecular complexity index is 1110. The Morgan fingerprint density at radius 3 is 2.73 bits per heavy atom. The number of halogens is 3. The second kappa shape index (κ2) is 9.98. The SMILES string of the molecule is Cl.O=C(Nc1cn(C2CCNCC2)nc1C(F)F)c1cnn2ccc(N3CCOCC3)nc12. The highest BCUT2D eigenvalue weighted by molar-refractivity contribution is 6.08. The summed E-state index contributed by atoms with van der Waals surface area (Å²) in [5.74, 6) is 0.153. The van der Waals surface area contributed by atoms with Crippen LogP contribution in [0, 0.1) is 0 Å². The topological polar surface area (TPSA) is 102 Å². The quantitative estimate of drug-likeness (QED) is 0.575. The van der Waals surface area contributed by atoms with E-state index in [1.807, 2.05) is 6.07 Å². The van der Waals surface area contributed by atoms with E-state index in [0.717, 1.165) is 25.9 Å². The van der Waals surface area contributed by atoms with E-state index in [2.05, 4.69) is 30.7 Å². The molecule has 3 aromatic rings. The lowest BCUT2D eigenvalue weighted by atomic mass is 10.1. The maximum absolute atomic E-state index is 13.6. The first-order valence-corrected chi connectivity index (χ1v) is 10.7. The summed E-state index contributed by atoms with van der Waals surface area (Å²) in [5, 5.41) is 14.1. The van der Waals surface area contributed by atoms with Crippen LogP contribution in [0.4, 0.5) is 20.3 Å². The Morgan fingerprint density at radius 1 is 1.24 bits per heavy atom. The molecule has 2 aliphatic rings. The predicted molar refractivity (Wildman–Crippen MR) is 120 cm³/mol. The van der Waals surface area contributed by atoms with Crippen LogP contribution in [0.15, 0.2) is 24.7 Å². The van der Waals surface area contributed by atoms with Gasteiger partial charge in [0.1, 0.15) is 11.4 Å². The zero-order chi connectivity index (χ0) is 22.1. The second-order valence-electron chi connectivity index (χ2n) is 7.86. The molecule has 178 valence electrons. The van der Waals surface area contributed by atoms with Gasteiger partial charge in [-0.3, -0.25) is 9.48 Å². The normalized spacial score (nSPS) is 17.4. The van der Waals surface area contributed by atoms with Crippen LogP contribution in [0.2, 0.25) is 0 Å². The Kier molecular flexibility index (Phi) is 7.05. The molecule has 0 saturated carbocycles. The van der Waals surface area contributed by atoms with E-state index >= 15 is 0 Å². The van der Waals surface area contributed by atoms with Gasteiger partial charge in [0.2, 0.25) is 0 Å². The molecule has 13 heteroatoms. The second-order valence-corrected chi connectivity index (χ2v) is 7.86. The number of morpholine rings is 1. The number of fused-ring (bicyclic) bond motifs is 1. The average molecular weight is 483 g/mol. The molecule has 0 unspecified atom stereocenters. The minimum atomic E-state index is -2.80. The summed E-state index contributed by atoms with van der Waals surface area (Å²) in [4.78, 5) is 19.7. The highest BCUT2D eigenvalue weighted by Crippen LogP contribution is 2.29. The van der Waals surface area contributed by atoms with E-state index < -0.39 is 18.0 Å². The Balaban J connectivity index is 0.00000259. The van der Waals surface area contributed by atoms with Gasteiger partial charge < -0.3 is 20.3 Å². The van der Waals surface area contributed by atoms with Gasteiger partial charge in [0.05, 0.1) is 31.1 Å². The van der Waals surface area contributed by atoms with E-state index in [4.69, 9.17) is 4.74 Å². The van der Waals surface area contributed by atoms with Crippen molar-refractivity contribution in [3.05, 3.63) is 35.9 Å². The van der Waals surface area contributed by atoms with Crippen LogP contribution in [0.3, 0.4) is 0 Å². The van der Waals surface area contributed by atoms with Crippen molar-refractivity contribution in [1.82, 2.24) is 29.7 Å². The van der Waals surface area contributed by atoms with Gasteiger partial charge in [0, 0.05) is 25.5 Å². The first kappa shape index (κ1) is 23.3. The van der Waals surface area contributed by atoms with E-state index in [0.29, 0.717) is 37.8 Å². The van der Waals surface area contributed by atoms with E-state index in [-0.39, 0.29) is 29.7 Å². The van der Waals surface area contributed by atoms with Crippen LogP contribution in [-0.4, -0.2) is 69.7 Å².